The lowest BCUT2D eigenvalue weighted by Gasteiger charge is -2.16. The number of hydrogen-bond donors (Lipinski definition) is 0. The van der Waals surface area contributed by atoms with Gasteiger partial charge < -0.3 is 18.9 Å². The molecule has 1 unspecified atom stereocenters. The fourth-order valence-corrected chi connectivity index (χ4v) is 1.51. The second kappa shape index (κ2) is 5.97. The molecule has 17 heavy (non-hydrogen) atoms. The highest BCUT2D eigenvalue weighted by Crippen LogP contribution is 2.38. The number of hydrogen-bond acceptors (Lipinski definition) is 5. The Bertz CT molecular complexity index is 425. The average Bonchev–Trinajstić information content (AvgIpc) is 2.39. The lowest BCUT2D eigenvalue weighted by atomic mass is 10.1. The highest BCUT2D eigenvalue weighted by Gasteiger charge is 2.19. The molecular weight excluding hydrogens is 222 g/mol. The van der Waals surface area contributed by atoms with Crippen LogP contribution in [0, 0.1) is 11.3 Å². The Morgan fingerprint density at radius 2 is 1.47 bits per heavy atom. The Balaban J connectivity index is 3.33. The summed E-state index contributed by atoms with van der Waals surface area (Å²) in [4.78, 5) is 0. The summed E-state index contributed by atoms with van der Waals surface area (Å²) in [5, 5.41) is 8.99. The summed E-state index contributed by atoms with van der Waals surface area (Å²) in [6.07, 6.45) is -0.704. The van der Waals surface area contributed by atoms with E-state index in [0.29, 0.717) is 22.8 Å². The molecule has 5 heteroatoms. The summed E-state index contributed by atoms with van der Waals surface area (Å²) in [5.74, 6) is 1.59. The second-order valence-electron chi connectivity index (χ2n) is 3.19. The Morgan fingerprint density at radius 1 is 0.941 bits per heavy atom. The van der Waals surface area contributed by atoms with Crippen LogP contribution in [0.2, 0.25) is 0 Å². The van der Waals surface area contributed by atoms with E-state index in [-0.39, 0.29) is 0 Å². The van der Waals surface area contributed by atoms with E-state index in [1.54, 1.807) is 12.1 Å². The van der Waals surface area contributed by atoms with Gasteiger partial charge in [0.1, 0.15) is 5.75 Å². The number of nitrogens with zero attached hydrogens (tertiary/aromatic N) is 1. The monoisotopic (exact) mass is 237 g/mol. The van der Waals surface area contributed by atoms with Crippen LogP contribution in [-0.4, -0.2) is 28.4 Å². The fraction of sp³-hybridized carbons (Fsp3) is 0.417. The van der Waals surface area contributed by atoms with Gasteiger partial charge in [0.15, 0.2) is 17.6 Å². The Kier molecular flexibility index (Phi) is 4.61. The minimum absolute atomic E-state index is 0.524. The molecule has 0 spiro atoms. The zero-order chi connectivity index (χ0) is 12.8. The first-order valence-corrected chi connectivity index (χ1v) is 4.94. The van der Waals surface area contributed by atoms with Crippen LogP contribution in [0.5, 0.6) is 17.2 Å². The molecule has 0 radical (unpaired) electrons. The van der Waals surface area contributed by atoms with Crippen LogP contribution in [0.4, 0.5) is 0 Å². The van der Waals surface area contributed by atoms with Gasteiger partial charge in [0.05, 0.1) is 27.4 Å². The van der Waals surface area contributed by atoms with Gasteiger partial charge in [0.2, 0.25) is 0 Å². The van der Waals surface area contributed by atoms with E-state index in [4.69, 9.17) is 24.2 Å². The molecule has 1 aromatic carbocycles. The highest BCUT2D eigenvalue weighted by molar-refractivity contribution is 5.52. The Labute approximate surface area is 100 Å². The van der Waals surface area contributed by atoms with Crippen molar-refractivity contribution in [3.05, 3.63) is 17.7 Å². The number of benzene rings is 1. The molecule has 0 saturated heterocycles. The van der Waals surface area contributed by atoms with Crippen molar-refractivity contribution in [3.8, 4) is 23.3 Å². The maximum atomic E-state index is 8.99. The summed E-state index contributed by atoms with van der Waals surface area (Å²) in [6.45, 7) is 0. The van der Waals surface area contributed by atoms with Crippen LogP contribution < -0.4 is 14.2 Å². The Hall–Kier alpha value is -1.93. The number of nitriles is 1. The number of ether oxygens (including phenoxy) is 4. The molecular formula is C12H15NO4. The molecule has 0 aliphatic heterocycles. The molecule has 92 valence electrons. The molecule has 0 fully saturated rings. The largest absolute Gasteiger partial charge is 0.496 e. The van der Waals surface area contributed by atoms with Gasteiger partial charge in [0.25, 0.3) is 0 Å². The molecule has 0 aliphatic carbocycles. The topological polar surface area (TPSA) is 60.7 Å². The lowest BCUT2D eigenvalue weighted by Crippen LogP contribution is -2.03. The predicted octanol–water partition coefficient (Wildman–Crippen LogP) is 1.92. The van der Waals surface area contributed by atoms with Crippen LogP contribution in [0.25, 0.3) is 0 Å². The van der Waals surface area contributed by atoms with Crippen LogP contribution in [-0.2, 0) is 4.74 Å². The van der Waals surface area contributed by atoms with Crippen molar-refractivity contribution >= 4 is 0 Å². The van der Waals surface area contributed by atoms with Crippen LogP contribution in [0.3, 0.4) is 0 Å². The predicted molar refractivity (Wildman–Crippen MR) is 61.5 cm³/mol. The van der Waals surface area contributed by atoms with Crippen LogP contribution in [0.1, 0.15) is 11.7 Å². The highest BCUT2D eigenvalue weighted by atomic mass is 16.5. The molecule has 0 aliphatic rings. The molecule has 1 aromatic rings. The van der Waals surface area contributed by atoms with Crippen molar-refractivity contribution in [1.29, 1.82) is 5.26 Å². The number of methoxy groups -OCH3 is 4. The second-order valence-corrected chi connectivity index (χ2v) is 3.19. The molecule has 0 aromatic heterocycles. The minimum Gasteiger partial charge on any atom is -0.496 e. The maximum absolute atomic E-state index is 8.99. The van der Waals surface area contributed by atoms with Gasteiger partial charge in [-0.3, -0.25) is 0 Å². The third-order valence-corrected chi connectivity index (χ3v) is 2.37. The molecule has 1 rings (SSSR count). The summed E-state index contributed by atoms with van der Waals surface area (Å²) in [6, 6.07) is 5.37. The van der Waals surface area contributed by atoms with E-state index in [1.165, 1.54) is 28.4 Å². The quantitative estimate of drug-likeness (QED) is 0.783. The summed E-state index contributed by atoms with van der Waals surface area (Å²) in [5.41, 5.74) is 0.607. The zero-order valence-electron chi connectivity index (χ0n) is 10.3. The van der Waals surface area contributed by atoms with Gasteiger partial charge in [-0.25, -0.2) is 0 Å². The smallest absolute Gasteiger partial charge is 0.172 e. The molecule has 0 N–H and O–H groups in total. The minimum atomic E-state index is -0.704. The SMILES string of the molecule is COc1cc(OC)c(C(C#N)OC)cc1OC. The van der Waals surface area contributed by atoms with Gasteiger partial charge in [-0.15, -0.1) is 0 Å². The zero-order valence-corrected chi connectivity index (χ0v) is 10.3. The standard InChI is InChI=1S/C12H15NO4/c1-14-9-6-11(16-3)10(15-2)5-8(9)12(7-13)17-4/h5-6,12H,1-4H3. The van der Waals surface area contributed by atoms with Gasteiger partial charge in [-0.1, -0.05) is 0 Å². The summed E-state index contributed by atoms with van der Waals surface area (Å²) >= 11 is 0. The third kappa shape index (κ3) is 2.60. The van der Waals surface area contributed by atoms with Crippen LogP contribution in [0.15, 0.2) is 12.1 Å². The molecule has 0 amide bonds. The van der Waals surface area contributed by atoms with Crippen molar-refractivity contribution in [1.82, 2.24) is 0 Å². The van der Waals surface area contributed by atoms with E-state index >= 15 is 0 Å². The van der Waals surface area contributed by atoms with E-state index in [9.17, 15) is 0 Å². The third-order valence-electron chi connectivity index (χ3n) is 2.37. The van der Waals surface area contributed by atoms with Gasteiger partial charge in [-0.2, -0.15) is 5.26 Å². The van der Waals surface area contributed by atoms with Crippen molar-refractivity contribution in [3.63, 3.8) is 0 Å². The van der Waals surface area contributed by atoms with Crippen LogP contribution >= 0.6 is 0 Å². The van der Waals surface area contributed by atoms with E-state index in [0.717, 1.165) is 0 Å². The van der Waals surface area contributed by atoms with E-state index in [2.05, 4.69) is 0 Å². The first-order chi connectivity index (χ1) is 8.21. The normalized spacial score (nSPS) is 11.5. The average molecular weight is 237 g/mol. The first-order valence-electron chi connectivity index (χ1n) is 4.94. The van der Waals surface area contributed by atoms with Crippen molar-refractivity contribution in [2.24, 2.45) is 0 Å². The van der Waals surface area contributed by atoms with E-state index in [1.807, 2.05) is 6.07 Å². The van der Waals surface area contributed by atoms with Crippen molar-refractivity contribution in [2.75, 3.05) is 28.4 Å². The van der Waals surface area contributed by atoms with Crippen molar-refractivity contribution in [2.45, 2.75) is 6.10 Å². The maximum Gasteiger partial charge on any atom is 0.172 e. The van der Waals surface area contributed by atoms with Gasteiger partial charge >= 0.3 is 0 Å². The molecule has 0 bridgehead atoms. The molecule has 0 saturated carbocycles. The molecule has 5 nitrogen and oxygen atoms in total. The molecule has 1 atom stereocenters. The van der Waals surface area contributed by atoms with E-state index < -0.39 is 6.10 Å². The van der Waals surface area contributed by atoms with Crippen molar-refractivity contribution < 1.29 is 18.9 Å². The summed E-state index contributed by atoms with van der Waals surface area (Å²) in [7, 11) is 6.05. The molecule has 0 heterocycles. The number of rotatable bonds is 5. The Morgan fingerprint density at radius 3 is 1.88 bits per heavy atom. The van der Waals surface area contributed by atoms with Gasteiger partial charge in [-0.05, 0) is 6.07 Å². The fourth-order valence-electron chi connectivity index (χ4n) is 1.51. The lowest BCUT2D eigenvalue weighted by molar-refractivity contribution is 0.145. The van der Waals surface area contributed by atoms with Gasteiger partial charge in [0, 0.05) is 18.7 Å². The summed E-state index contributed by atoms with van der Waals surface area (Å²) < 4.78 is 20.6. The first kappa shape index (κ1) is 13.1.